The highest BCUT2D eigenvalue weighted by atomic mass is 14.3. The van der Waals surface area contributed by atoms with Crippen LogP contribution < -0.4 is 16.4 Å². The molecule has 2 aliphatic rings. The van der Waals surface area contributed by atoms with E-state index < -0.39 is 0 Å². The fourth-order valence-corrected chi connectivity index (χ4v) is 12.2. The van der Waals surface area contributed by atoms with E-state index in [0.29, 0.717) is 0 Å². The van der Waals surface area contributed by atoms with Gasteiger partial charge in [-0.3, -0.25) is 0 Å². The molecule has 314 valence electrons. The number of fused-ring (bicyclic) bond motifs is 4. The zero-order valence-corrected chi connectivity index (χ0v) is 39.1. The van der Waals surface area contributed by atoms with Gasteiger partial charge in [0.15, 0.2) is 0 Å². The summed E-state index contributed by atoms with van der Waals surface area (Å²) in [5.41, 5.74) is 37.7. The van der Waals surface area contributed by atoms with Crippen LogP contribution in [0.1, 0.15) is 66.8 Å². The van der Waals surface area contributed by atoms with Gasteiger partial charge >= 0.3 is 0 Å². The minimum Gasteiger partial charge on any atom is -0.0622 e. The van der Waals surface area contributed by atoms with E-state index in [9.17, 15) is 0 Å². The van der Waals surface area contributed by atoms with E-state index in [-0.39, 0.29) is 6.71 Å². The van der Waals surface area contributed by atoms with Crippen molar-refractivity contribution in [2.45, 2.75) is 68.2 Å². The lowest BCUT2D eigenvalue weighted by Gasteiger charge is -2.41. The second-order valence-electron chi connectivity index (χ2n) is 18.9. The lowest BCUT2D eigenvalue weighted by atomic mass is 9.28. The van der Waals surface area contributed by atoms with Crippen LogP contribution in [-0.2, 0) is 12.8 Å². The van der Waals surface area contributed by atoms with Crippen molar-refractivity contribution < 1.29 is 0 Å². The lowest BCUT2D eigenvalue weighted by Crippen LogP contribution is -2.63. The summed E-state index contributed by atoms with van der Waals surface area (Å²) in [6.45, 7) is 19.5. The Morgan fingerprint density at radius 3 is 0.754 bits per heavy atom. The van der Waals surface area contributed by atoms with E-state index in [1.165, 1.54) is 134 Å². The van der Waals surface area contributed by atoms with Gasteiger partial charge in [0, 0.05) is 0 Å². The van der Waals surface area contributed by atoms with Crippen LogP contribution in [0, 0.1) is 55.4 Å². The van der Waals surface area contributed by atoms with Crippen LogP contribution in [0.15, 0.2) is 164 Å². The lowest BCUT2D eigenvalue weighted by molar-refractivity contribution is 1.07. The molecule has 0 unspecified atom stereocenters. The molecule has 0 radical (unpaired) electrons. The van der Waals surface area contributed by atoms with Crippen molar-refractivity contribution in [3.63, 3.8) is 0 Å². The van der Waals surface area contributed by atoms with Crippen LogP contribution in [-0.4, -0.2) is 6.71 Å². The normalized spacial score (nSPS) is 12.5. The van der Waals surface area contributed by atoms with Gasteiger partial charge in [0.2, 0.25) is 6.71 Å². The molecule has 0 saturated carbocycles. The molecule has 1 heteroatoms. The molecule has 0 bridgehead atoms. The Balaban J connectivity index is 1.13. The van der Waals surface area contributed by atoms with Crippen molar-refractivity contribution in [3.05, 3.63) is 231 Å². The highest BCUT2D eigenvalue weighted by molar-refractivity contribution is 6.98. The van der Waals surface area contributed by atoms with Gasteiger partial charge in [0.25, 0.3) is 0 Å². The first-order valence-electron chi connectivity index (χ1n) is 23.5. The van der Waals surface area contributed by atoms with Gasteiger partial charge in [0.1, 0.15) is 0 Å². The molecule has 9 aromatic rings. The van der Waals surface area contributed by atoms with Crippen LogP contribution in [0.3, 0.4) is 0 Å². The van der Waals surface area contributed by atoms with Crippen LogP contribution >= 0.6 is 0 Å². The molecule has 0 fully saturated rings. The molecule has 0 atom stereocenters. The molecule has 0 spiro atoms. The van der Waals surface area contributed by atoms with E-state index in [4.69, 9.17) is 0 Å². The largest absolute Gasteiger partial charge is 0.243 e. The highest BCUT2D eigenvalue weighted by Crippen LogP contribution is 2.43. The third-order valence-electron chi connectivity index (χ3n) is 15.7. The summed E-state index contributed by atoms with van der Waals surface area (Å²) in [5, 5.41) is 0. The van der Waals surface area contributed by atoms with Crippen molar-refractivity contribution in [2.75, 3.05) is 0 Å². The Morgan fingerprint density at radius 1 is 0.231 bits per heavy atom. The van der Waals surface area contributed by atoms with E-state index >= 15 is 0 Å². The van der Waals surface area contributed by atoms with E-state index in [1.54, 1.807) is 16.4 Å². The van der Waals surface area contributed by atoms with Gasteiger partial charge in [-0.05, 0) is 191 Å². The fraction of sp³-hybridized carbons (Fsp3) is 0.156. The first kappa shape index (κ1) is 40.8. The average molecular weight is 835 g/mol. The molecule has 2 heterocycles. The average Bonchev–Trinajstić information content (AvgIpc) is 3.35. The van der Waals surface area contributed by atoms with E-state index in [0.717, 1.165) is 12.8 Å². The summed E-state index contributed by atoms with van der Waals surface area (Å²) < 4.78 is 0. The van der Waals surface area contributed by atoms with Crippen molar-refractivity contribution in [1.82, 2.24) is 0 Å². The van der Waals surface area contributed by atoms with Gasteiger partial charge < -0.3 is 0 Å². The van der Waals surface area contributed by atoms with Crippen LogP contribution in [0.5, 0.6) is 0 Å². The summed E-state index contributed by atoms with van der Waals surface area (Å²) in [4.78, 5) is 0. The Hall–Kier alpha value is -6.96. The first-order valence-corrected chi connectivity index (χ1v) is 23.5. The van der Waals surface area contributed by atoms with Crippen molar-refractivity contribution in [1.29, 1.82) is 0 Å². The molecular weight excluding hydrogens is 780 g/mol. The molecule has 0 N–H and O–H groups in total. The Bertz CT molecular complexity index is 3100. The van der Waals surface area contributed by atoms with Crippen molar-refractivity contribution in [3.8, 4) is 66.8 Å². The Kier molecular flexibility index (Phi) is 10.0. The topological polar surface area (TPSA) is 0 Å². The second kappa shape index (κ2) is 15.9. The standard InChI is InChI=1S/C64H55B/c1-38-40(3)62-55(42(5)59(38)52-30-24-49(25-31-52)46-18-12-9-13-19-46)36-57-44(7)61(54-34-28-51(29-35-54)48-22-16-11-17-23-48)45(8)58-37-56-43(6)60(39(2)41(4)63(56)65(62)64(57)58)53-32-26-50(27-33-53)47-20-14-10-15-21-47/h9-35H,36-37H2,1-8H3. The smallest absolute Gasteiger partial charge is 0.0622 e. The van der Waals surface area contributed by atoms with Crippen LogP contribution in [0.4, 0.5) is 0 Å². The number of rotatable bonds is 6. The van der Waals surface area contributed by atoms with Crippen molar-refractivity contribution >= 4 is 23.1 Å². The number of benzene rings is 9. The monoisotopic (exact) mass is 834 g/mol. The summed E-state index contributed by atoms with van der Waals surface area (Å²) in [7, 11) is 0. The quantitative estimate of drug-likeness (QED) is 0.146. The zero-order chi connectivity index (χ0) is 44.7. The molecule has 0 amide bonds. The third-order valence-corrected chi connectivity index (χ3v) is 15.7. The predicted octanol–water partition coefficient (Wildman–Crippen LogP) is 14.5. The minimum absolute atomic E-state index is 0.165. The molecule has 11 rings (SSSR count). The third kappa shape index (κ3) is 6.50. The molecule has 0 nitrogen and oxygen atoms in total. The number of hydrogen-bond donors (Lipinski definition) is 0. The van der Waals surface area contributed by atoms with Gasteiger partial charge in [-0.25, -0.2) is 0 Å². The highest BCUT2D eigenvalue weighted by Gasteiger charge is 2.43. The van der Waals surface area contributed by atoms with Gasteiger partial charge in [-0.2, -0.15) is 0 Å². The van der Waals surface area contributed by atoms with Crippen LogP contribution in [0.2, 0.25) is 0 Å². The summed E-state index contributed by atoms with van der Waals surface area (Å²) in [5.74, 6) is 0. The van der Waals surface area contributed by atoms with E-state index in [1.807, 2.05) is 0 Å². The van der Waals surface area contributed by atoms with E-state index in [2.05, 4.69) is 219 Å². The Morgan fingerprint density at radius 2 is 0.462 bits per heavy atom. The van der Waals surface area contributed by atoms with Gasteiger partial charge in [-0.15, -0.1) is 0 Å². The zero-order valence-electron chi connectivity index (χ0n) is 39.1. The summed E-state index contributed by atoms with van der Waals surface area (Å²) >= 11 is 0. The predicted molar refractivity (Wildman–Crippen MR) is 280 cm³/mol. The first-order chi connectivity index (χ1) is 31.6. The molecule has 65 heavy (non-hydrogen) atoms. The molecule has 2 aliphatic heterocycles. The molecule has 0 saturated heterocycles. The van der Waals surface area contributed by atoms with Gasteiger partial charge in [0.05, 0.1) is 0 Å². The van der Waals surface area contributed by atoms with Crippen molar-refractivity contribution in [2.24, 2.45) is 0 Å². The fourth-order valence-electron chi connectivity index (χ4n) is 12.2. The SMILES string of the molecule is Cc1c(C)c(-c2ccc(-c3ccccc3)cc2)c(C)c2c1B1c3c(C)c(C)c(-c4ccc(-c5ccccc5)cc4)c(C)c3Cc3c(C)c(-c4ccc(-c5ccccc5)cc4)c(C)c(c31)C2. The summed E-state index contributed by atoms with van der Waals surface area (Å²) in [6, 6.07) is 60.3. The van der Waals surface area contributed by atoms with Gasteiger partial charge in [-0.1, -0.05) is 191 Å². The minimum atomic E-state index is 0.165. The second-order valence-corrected chi connectivity index (χ2v) is 18.9. The maximum atomic E-state index is 2.43. The number of hydrogen-bond acceptors (Lipinski definition) is 0. The maximum Gasteiger partial charge on any atom is 0.243 e. The molecular formula is C64H55B. The Labute approximate surface area is 386 Å². The molecule has 0 aliphatic carbocycles. The molecule has 0 aromatic heterocycles. The molecule has 9 aromatic carbocycles. The maximum absolute atomic E-state index is 2.43. The van der Waals surface area contributed by atoms with Crippen LogP contribution in [0.25, 0.3) is 66.8 Å². The summed E-state index contributed by atoms with van der Waals surface area (Å²) in [6.07, 6.45) is 1.88.